The summed E-state index contributed by atoms with van der Waals surface area (Å²) in [6, 6.07) is 14.3. The van der Waals surface area contributed by atoms with E-state index in [1.807, 2.05) is 0 Å². The number of benzene rings is 2. The number of rotatable bonds is 10. The van der Waals surface area contributed by atoms with Crippen molar-refractivity contribution in [3.05, 3.63) is 82.9 Å². The highest BCUT2D eigenvalue weighted by atomic mass is 17.3. The zero-order chi connectivity index (χ0) is 46.0. The average Bonchev–Trinajstić information content (AvgIpc) is 3.59. The molecule has 2 heterocycles. The van der Waals surface area contributed by atoms with E-state index in [2.05, 4.69) is 5.32 Å². The second-order valence-corrected chi connectivity index (χ2v) is 17.8. The molecule has 0 radical (unpaired) electrons. The van der Waals surface area contributed by atoms with E-state index in [0.717, 1.165) is 13.8 Å². The first-order chi connectivity index (χ1) is 29.5. The van der Waals surface area contributed by atoms with Crippen LogP contribution in [0, 0.1) is 16.7 Å². The number of ketones is 1. The number of esters is 4. The topological polar surface area (TPSA) is 249 Å². The summed E-state index contributed by atoms with van der Waals surface area (Å²) in [6.45, 7) is 10.6. The van der Waals surface area contributed by atoms with Gasteiger partial charge in [-0.3, -0.25) is 19.2 Å². The molecule has 18 nitrogen and oxygen atoms in total. The third-order valence-corrected chi connectivity index (χ3v) is 13.6. The number of aliphatic hydroxyl groups is 3. The standard InChI is InChI=1S/C45H53NO17/c1-22-28(58-39(53)33(50)32(26-15-11-9-12-16-26)46-40(54)43(8)61-25(4)62-63-43)20-45(55)37(59-38(52)27-17-13-10-14-18-27)35-42(7,29(49)19-30-44(35,21-56-30)60-24(3)48)36(51)34(57-23(2)47)31(22)41(45,5)6/h9-18,25,28-30,32-35,37,49-50,55H,19-21H2,1-8H3,(H,46,54)/t25?,28-,29-,30+,32-,33+,34+,35?,37?,42+,43?,44-,45+/m0/s1. The molecule has 2 aromatic carbocycles. The quantitative estimate of drug-likeness (QED) is 0.116. The Morgan fingerprint density at radius 1 is 0.905 bits per heavy atom. The van der Waals surface area contributed by atoms with Crippen LogP contribution in [0.2, 0.25) is 0 Å². The van der Waals surface area contributed by atoms with Gasteiger partial charge in [-0.05, 0) is 49.6 Å². The normalized spacial score (nSPS) is 36.4. The molecule has 2 aromatic rings. The van der Waals surface area contributed by atoms with E-state index in [-0.39, 0.29) is 35.3 Å². The largest absolute Gasteiger partial charge is 0.456 e. The summed E-state index contributed by atoms with van der Waals surface area (Å²) in [5, 5.41) is 40.1. The maximum atomic E-state index is 15.5. The van der Waals surface area contributed by atoms with Gasteiger partial charge in [0.25, 0.3) is 11.7 Å². The van der Waals surface area contributed by atoms with Crippen molar-refractivity contribution in [2.24, 2.45) is 16.7 Å². The lowest BCUT2D eigenvalue weighted by Crippen LogP contribution is -2.82. The molecule has 4 N–H and O–H groups in total. The molecular weight excluding hydrogens is 826 g/mol. The molecular formula is C45H53NO17. The first-order valence-electron chi connectivity index (χ1n) is 20.7. The number of carbonyl (C=O) groups is 6. The molecule has 2 bridgehead atoms. The molecule has 7 rings (SSSR count). The first-order valence-corrected chi connectivity index (χ1v) is 20.7. The maximum Gasteiger partial charge on any atom is 0.338 e. The van der Waals surface area contributed by atoms with Crippen LogP contribution in [0.3, 0.4) is 0 Å². The van der Waals surface area contributed by atoms with Crippen molar-refractivity contribution < 1.29 is 82.3 Å². The highest BCUT2D eigenvalue weighted by molar-refractivity contribution is 5.95. The van der Waals surface area contributed by atoms with Crippen LogP contribution in [0.4, 0.5) is 0 Å². The molecule has 2 aliphatic heterocycles. The molecule has 3 aliphatic carbocycles. The Labute approximate surface area is 363 Å². The molecule has 18 heteroatoms. The number of amides is 1. The molecule has 4 unspecified atom stereocenters. The van der Waals surface area contributed by atoms with E-state index in [1.54, 1.807) is 62.4 Å². The van der Waals surface area contributed by atoms with Crippen molar-refractivity contribution in [1.29, 1.82) is 0 Å². The Hall–Kier alpha value is -5.08. The molecule has 2 saturated heterocycles. The Balaban J connectivity index is 1.38. The zero-order valence-electron chi connectivity index (χ0n) is 36.1. The van der Waals surface area contributed by atoms with Gasteiger partial charge in [0.05, 0.1) is 35.6 Å². The lowest BCUT2D eigenvalue weighted by atomic mass is 9.44. The Morgan fingerprint density at radius 2 is 1.54 bits per heavy atom. The lowest BCUT2D eigenvalue weighted by molar-refractivity contribution is -0.346. The molecule has 5 aliphatic rings. The predicted octanol–water partition coefficient (Wildman–Crippen LogP) is 2.46. The molecule has 63 heavy (non-hydrogen) atoms. The second-order valence-electron chi connectivity index (χ2n) is 17.8. The number of nitrogens with one attached hydrogen (secondary N) is 1. The van der Waals surface area contributed by atoms with Crippen LogP contribution in [-0.4, -0.2) is 117 Å². The van der Waals surface area contributed by atoms with Crippen molar-refractivity contribution in [2.45, 2.75) is 134 Å². The highest BCUT2D eigenvalue weighted by Crippen LogP contribution is 2.64. The van der Waals surface area contributed by atoms with E-state index < -0.39 is 125 Å². The van der Waals surface area contributed by atoms with Gasteiger partial charge in [-0.25, -0.2) is 14.5 Å². The number of ether oxygens (including phenoxy) is 6. The van der Waals surface area contributed by atoms with Gasteiger partial charge in [-0.1, -0.05) is 62.4 Å². The van der Waals surface area contributed by atoms with Gasteiger partial charge in [0.15, 0.2) is 29.9 Å². The molecule has 13 atom stereocenters. The second kappa shape index (κ2) is 16.5. The van der Waals surface area contributed by atoms with Crippen molar-refractivity contribution in [1.82, 2.24) is 5.32 Å². The Bertz CT molecular complexity index is 2200. The van der Waals surface area contributed by atoms with Crippen LogP contribution in [-0.2, 0) is 62.2 Å². The monoisotopic (exact) mass is 879 g/mol. The third-order valence-electron chi connectivity index (χ3n) is 13.6. The van der Waals surface area contributed by atoms with Crippen molar-refractivity contribution in [3.63, 3.8) is 0 Å². The van der Waals surface area contributed by atoms with Gasteiger partial charge >= 0.3 is 23.9 Å². The third kappa shape index (κ3) is 7.54. The number of aliphatic hydroxyl groups excluding tert-OH is 2. The van der Waals surface area contributed by atoms with Gasteiger partial charge < -0.3 is 49.1 Å². The van der Waals surface area contributed by atoms with Crippen LogP contribution < -0.4 is 5.32 Å². The molecule has 2 saturated carbocycles. The minimum absolute atomic E-state index is 0.0321. The number of hydrogen-bond acceptors (Lipinski definition) is 17. The SMILES string of the molecule is CC(=O)O[C@H]1C(=O)[C@@]2(C)C(C(OC(=O)c3ccccc3)[C@]3(O)C[C@H](OC(=O)[C@H](O)[C@@H](NC(=O)C4(C)OOC(C)O4)c4ccccc4)C(C)=C1C3(C)C)[C@]1(OC(C)=O)CO[C@@H]1C[C@@H]2O. The molecule has 340 valence electrons. The van der Waals surface area contributed by atoms with Gasteiger partial charge in [0, 0.05) is 39.0 Å². The smallest absolute Gasteiger partial charge is 0.338 e. The van der Waals surface area contributed by atoms with Crippen molar-refractivity contribution in [2.75, 3.05) is 6.61 Å². The fraction of sp³-hybridized carbons (Fsp3) is 0.556. The number of Topliss-reactive ketones (excluding diaryl/α,β-unsaturated/α-hetero) is 1. The Morgan fingerprint density at radius 3 is 2.10 bits per heavy atom. The van der Waals surface area contributed by atoms with Crippen LogP contribution in [0.1, 0.15) is 90.2 Å². The number of hydrogen-bond donors (Lipinski definition) is 4. The fourth-order valence-corrected chi connectivity index (χ4v) is 10.2. The van der Waals surface area contributed by atoms with Crippen LogP contribution in [0.25, 0.3) is 0 Å². The van der Waals surface area contributed by atoms with Gasteiger partial charge in [-0.15, -0.1) is 0 Å². The average molecular weight is 880 g/mol. The van der Waals surface area contributed by atoms with E-state index in [9.17, 15) is 39.3 Å². The van der Waals surface area contributed by atoms with Gasteiger partial charge in [-0.2, -0.15) is 4.89 Å². The summed E-state index contributed by atoms with van der Waals surface area (Å²) in [7, 11) is 0. The summed E-state index contributed by atoms with van der Waals surface area (Å²) in [4.78, 5) is 93.7. The minimum Gasteiger partial charge on any atom is -0.456 e. The predicted molar refractivity (Wildman–Crippen MR) is 213 cm³/mol. The van der Waals surface area contributed by atoms with E-state index >= 15 is 4.79 Å². The minimum atomic E-state index is -2.42. The van der Waals surface area contributed by atoms with Crippen molar-refractivity contribution in [3.8, 4) is 0 Å². The number of fused-ring (bicyclic) bond motifs is 5. The highest BCUT2D eigenvalue weighted by Gasteiger charge is 2.78. The Kier molecular flexibility index (Phi) is 12.0. The zero-order valence-corrected chi connectivity index (χ0v) is 36.1. The molecule has 4 fully saturated rings. The van der Waals surface area contributed by atoms with Crippen LogP contribution >= 0.6 is 0 Å². The van der Waals surface area contributed by atoms with Gasteiger partial charge in [0.1, 0.15) is 23.9 Å². The fourth-order valence-electron chi connectivity index (χ4n) is 10.2. The lowest BCUT2D eigenvalue weighted by Gasteiger charge is -2.67. The number of carbonyl (C=O) groups excluding carboxylic acids is 6. The van der Waals surface area contributed by atoms with E-state index in [0.29, 0.717) is 0 Å². The summed E-state index contributed by atoms with van der Waals surface area (Å²) >= 11 is 0. The van der Waals surface area contributed by atoms with Gasteiger partial charge in [0.2, 0.25) is 0 Å². The summed E-state index contributed by atoms with van der Waals surface area (Å²) in [6.07, 6.45) is -11.7. The maximum absolute atomic E-state index is 15.5. The summed E-state index contributed by atoms with van der Waals surface area (Å²) < 4.78 is 35.7. The molecule has 0 aromatic heterocycles. The summed E-state index contributed by atoms with van der Waals surface area (Å²) in [5.74, 6) is -9.29. The van der Waals surface area contributed by atoms with Crippen molar-refractivity contribution >= 4 is 35.6 Å². The van der Waals surface area contributed by atoms with E-state index in [1.165, 1.54) is 39.8 Å². The molecule has 0 spiro atoms. The molecule has 1 amide bonds. The van der Waals surface area contributed by atoms with Crippen LogP contribution in [0.5, 0.6) is 0 Å². The van der Waals surface area contributed by atoms with Crippen LogP contribution in [0.15, 0.2) is 71.8 Å². The summed E-state index contributed by atoms with van der Waals surface area (Å²) in [5.41, 5.74) is -7.55. The first kappa shape index (κ1) is 45.9. The van der Waals surface area contributed by atoms with E-state index in [4.69, 9.17) is 38.2 Å².